The molecule has 0 aliphatic heterocycles. The van der Waals surface area contributed by atoms with Gasteiger partial charge in [-0.25, -0.2) is 0 Å². The van der Waals surface area contributed by atoms with Crippen molar-refractivity contribution < 1.29 is 14.3 Å². The van der Waals surface area contributed by atoms with E-state index in [1.807, 2.05) is 0 Å². The molecule has 0 aromatic rings. The first-order valence-corrected chi connectivity index (χ1v) is 4.29. The van der Waals surface area contributed by atoms with E-state index in [1.165, 1.54) is 0 Å². The summed E-state index contributed by atoms with van der Waals surface area (Å²) in [6.45, 7) is 5.33. The Balaban J connectivity index is 3.89. The summed E-state index contributed by atoms with van der Waals surface area (Å²) in [5, 5.41) is 0. The molecule has 4 nitrogen and oxygen atoms in total. The monoisotopic (exact) mass is 187 g/mol. The van der Waals surface area contributed by atoms with Gasteiger partial charge in [-0.2, -0.15) is 0 Å². The van der Waals surface area contributed by atoms with Gasteiger partial charge in [0.2, 0.25) is 0 Å². The Hall–Kier alpha value is -0.900. The van der Waals surface area contributed by atoms with E-state index in [0.717, 1.165) is 6.29 Å². The van der Waals surface area contributed by atoms with E-state index in [-0.39, 0.29) is 0 Å². The predicted octanol–water partition coefficient (Wildman–Crippen LogP) is 0.634. The zero-order valence-corrected chi connectivity index (χ0v) is 8.37. The van der Waals surface area contributed by atoms with Crippen molar-refractivity contribution in [3.8, 4) is 0 Å². The van der Waals surface area contributed by atoms with Crippen LogP contribution in [0.15, 0.2) is 0 Å². The number of carbonyl (C=O) groups excluding carboxylic acids is 2. The van der Waals surface area contributed by atoms with E-state index in [2.05, 4.69) is 0 Å². The molecule has 1 atom stereocenters. The fourth-order valence-electron chi connectivity index (χ4n) is 0.743. The highest BCUT2D eigenvalue weighted by atomic mass is 16.6. The van der Waals surface area contributed by atoms with Crippen LogP contribution in [-0.4, -0.2) is 23.9 Å². The molecule has 0 fully saturated rings. The highest BCUT2D eigenvalue weighted by molar-refractivity contribution is 5.76. The molecule has 0 aromatic carbocycles. The number of esters is 1. The van der Waals surface area contributed by atoms with Gasteiger partial charge in [-0.1, -0.05) is 0 Å². The first kappa shape index (κ1) is 12.1. The molecule has 2 N–H and O–H groups in total. The number of rotatable bonds is 4. The van der Waals surface area contributed by atoms with Gasteiger partial charge < -0.3 is 15.3 Å². The van der Waals surface area contributed by atoms with Gasteiger partial charge in [-0.15, -0.1) is 0 Å². The fourth-order valence-corrected chi connectivity index (χ4v) is 0.743. The second-order valence-corrected chi connectivity index (χ2v) is 3.88. The summed E-state index contributed by atoms with van der Waals surface area (Å²) in [5.74, 6) is -0.450. The number of hydrogen-bond donors (Lipinski definition) is 1. The molecule has 0 aliphatic rings. The summed E-state index contributed by atoms with van der Waals surface area (Å²) in [6.07, 6.45) is 1.38. The quantitative estimate of drug-likeness (QED) is 0.518. The molecule has 0 radical (unpaired) electrons. The summed E-state index contributed by atoms with van der Waals surface area (Å²) in [4.78, 5) is 21.2. The van der Waals surface area contributed by atoms with Crippen molar-refractivity contribution in [1.82, 2.24) is 0 Å². The maximum atomic E-state index is 11.2. The van der Waals surface area contributed by atoms with Crippen molar-refractivity contribution in [2.45, 2.75) is 45.3 Å². The van der Waals surface area contributed by atoms with Crippen molar-refractivity contribution in [3.05, 3.63) is 0 Å². The number of aldehydes is 1. The molecular weight excluding hydrogens is 170 g/mol. The summed E-state index contributed by atoms with van der Waals surface area (Å²) in [5.41, 5.74) is 4.96. The fraction of sp³-hybridized carbons (Fsp3) is 0.778. The van der Waals surface area contributed by atoms with Crippen LogP contribution >= 0.6 is 0 Å². The predicted molar refractivity (Wildman–Crippen MR) is 49.1 cm³/mol. The van der Waals surface area contributed by atoms with Crippen molar-refractivity contribution in [3.63, 3.8) is 0 Å². The highest BCUT2D eigenvalue weighted by Crippen LogP contribution is 2.09. The molecule has 0 aromatic heterocycles. The lowest BCUT2D eigenvalue weighted by Crippen LogP contribution is -2.37. The lowest BCUT2D eigenvalue weighted by atomic mass is 10.1. The Labute approximate surface area is 78.4 Å². The second-order valence-electron chi connectivity index (χ2n) is 3.88. The third-order valence-electron chi connectivity index (χ3n) is 1.31. The summed E-state index contributed by atoms with van der Waals surface area (Å²) >= 11 is 0. The topological polar surface area (TPSA) is 69.4 Å². The van der Waals surface area contributed by atoms with Crippen molar-refractivity contribution >= 4 is 12.3 Å². The third-order valence-corrected chi connectivity index (χ3v) is 1.31. The molecule has 0 saturated carbocycles. The van der Waals surface area contributed by atoms with E-state index >= 15 is 0 Å². The molecule has 0 unspecified atom stereocenters. The van der Waals surface area contributed by atoms with Gasteiger partial charge in [0.15, 0.2) is 0 Å². The van der Waals surface area contributed by atoms with Gasteiger partial charge in [0, 0.05) is 6.42 Å². The van der Waals surface area contributed by atoms with Gasteiger partial charge in [0.25, 0.3) is 0 Å². The minimum atomic E-state index is -0.690. The first-order valence-electron chi connectivity index (χ1n) is 4.29. The number of carbonyl (C=O) groups is 2. The van der Waals surface area contributed by atoms with E-state index < -0.39 is 17.6 Å². The average Bonchev–Trinajstić information content (AvgIpc) is 1.96. The normalized spacial score (nSPS) is 13.5. The molecular formula is C9H17NO3. The van der Waals surface area contributed by atoms with Gasteiger partial charge in [0.05, 0.1) is 0 Å². The summed E-state index contributed by atoms with van der Waals surface area (Å²) in [7, 11) is 0. The van der Waals surface area contributed by atoms with Crippen molar-refractivity contribution in [1.29, 1.82) is 0 Å². The molecule has 13 heavy (non-hydrogen) atoms. The number of hydrogen-bond acceptors (Lipinski definition) is 4. The van der Waals surface area contributed by atoms with E-state index in [4.69, 9.17) is 10.5 Å². The molecule has 4 heteroatoms. The van der Waals surface area contributed by atoms with Crippen LogP contribution in [0.3, 0.4) is 0 Å². The second kappa shape index (κ2) is 4.97. The van der Waals surface area contributed by atoms with Crippen LogP contribution in [-0.2, 0) is 14.3 Å². The highest BCUT2D eigenvalue weighted by Gasteiger charge is 2.21. The molecule has 0 rings (SSSR count). The van der Waals surface area contributed by atoms with E-state index in [9.17, 15) is 9.59 Å². The molecule has 0 aliphatic carbocycles. The molecule has 0 amide bonds. The lowest BCUT2D eigenvalue weighted by Gasteiger charge is -2.21. The van der Waals surface area contributed by atoms with Gasteiger partial charge in [-0.05, 0) is 27.2 Å². The van der Waals surface area contributed by atoms with Crippen LogP contribution in [0, 0.1) is 0 Å². The maximum Gasteiger partial charge on any atom is 0.323 e. The Morgan fingerprint density at radius 2 is 2.08 bits per heavy atom. The van der Waals surface area contributed by atoms with Crippen LogP contribution < -0.4 is 5.73 Å². The van der Waals surface area contributed by atoms with E-state index in [1.54, 1.807) is 20.8 Å². The Kier molecular flexibility index (Phi) is 4.62. The Morgan fingerprint density at radius 3 is 2.46 bits per heavy atom. The summed E-state index contributed by atoms with van der Waals surface area (Å²) in [6, 6.07) is -0.690. The van der Waals surface area contributed by atoms with Crippen LogP contribution in [0.2, 0.25) is 0 Å². The first-order chi connectivity index (χ1) is 5.87. The zero-order valence-electron chi connectivity index (χ0n) is 8.37. The Morgan fingerprint density at radius 1 is 1.54 bits per heavy atom. The molecule has 76 valence electrons. The van der Waals surface area contributed by atoms with Gasteiger partial charge >= 0.3 is 5.97 Å². The third kappa shape index (κ3) is 6.28. The maximum absolute atomic E-state index is 11.2. The minimum absolute atomic E-state index is 0.292. The van der Waals surface area contributed by atoms with Gasteiger partial charge in [-0.3, -0.25) is 4.79 Å². The number of ether oxygens (including phenoxy) is 1. The van der Waals surface area contributed by atoms with E-state index in [0.29, 0.717) is 12.8 Å². The molecule has 0 spiro atoms. The average molecular weight is 187 g/mol. The van der Waals surface area contributed by atoms with Crippen LogP contribution in [0.25, 0.3) is 0 Å². The molecule has 0 heterocycles. The smallest absolute Gasteiger partial charge is 0.323 e. The van der Waals surface area contributed by atoms with Crippen LogP contribution in [0.1, 0.15) is 33.6 Å². The van der Waals surface area contributed by atoms with Crippen molar-refractivity contribution in [2.24, 2.45) is 5.73 Å². The largest absolute Gasteiger partial charge is 0.459 e. The Bertz CT molecular complexity index is 184. The van der Waals surface area contributed by atoms with Gasteiger partial charge in [0.1, 0.15) is 17.9 Å². The standard InChI is InChI=1S/C9H17NO3/c1-9(2,3)13-8(12)7(10)5-4-6-11/h6-7H,4-5,10H2,1-3H3/t7-/m0/s1. The number of nitrogens with two attached hydrogens (primary N) is 1. The molecule has 0 saturated heterocycles. The minimum Gasteiger partial charge on any atom is -0.459 e. The summed E-state index contributed by atoms with van der Waals surface area (Å²) < 4.78 is 5.02. The lowest BCUT2D eigenvalue weighted by molar-refractivity contribution is -0.156. The van der Waals surface area contributed by atoms with Crippen LogP contribution in [0.4, 0.5) is 0 Å². The molecule has 0 bridgehead atoms. The van der Waals surface area contributed by atoms with Crippen LogP contribution in [0.5, 0.6) is 0 Å². The SMILES string of the molecule is CC(C)(C)OC(=O)[C@@H](N)CCC=O. The zero-order chi connectivity index (χ0) is 10.5. The van der Waals surface area contributed by atoms with Crippen molar-refractivity contribution in [2.75, 3.05) is 0 Å².